The van der Waals surface area contributed by atoms with Gasteiger partial charge in [-0.3, -0.25) is 4.79 Å². The Bertz CT molecular complexity index is 479. The van der Waals surface area contributed by atoms with Crippen LogP contribution in [0, 0.1) is 5.92 Å². The average molecular weight is 279 g/mol. The second-order valence-corrected chi connectivity index (χ2v) is 4.63. The number of carboxylic acids is 1. The maximum Gasteiger partial charge on any atom is 0.335 e. The summed E-state index contributed by atoms with van der Waals surface area (Å²) in [5.74, 6) is -1.30. The molecule has 1 aliphatic rings. The maximum absolute atomic E-state index is 12.4. The molecule has 108 valence electrons. The Balaban J connectivity index is 2.18. The molecule has 0 spiro atoms. The van der Waals surface area contributed by atoms with Gasteiger partial charge in [0, 0.05) is 18.8 Å². The zero-order valence-corrected chi connectivity index (χ0v) is 11.0. The molecule has 2 N–H and O–H groups in total. The molecule has 20 heavy (non-hydrogen) atoms. The number of hydrogen-bond donors (Lipinski definition) is 2. The number of ether oxygens (including phenoxy) is 1. The van der Waals surface area contributed by atoms with E-state index in [-0.39, 0.29) is 30.5 Å². The first-order valence-electron chi connectivity index (χ1n) is 6.47. The van der Waals surface area contributed by atoms with Gasteiger partial charge in [-0.15, -0.1) is 0 Å². The van der Waals surface area contributed by atoms with Crippen LogP contribution in [-0.2, 0) is 9.53 Å². The molecule has 1 aliphatic heterocycles. The molecule has 1 heterocycles. The van der Waals surface area contributed by atoms with Crippen molar-refractivity contribution in [2.24, 2.45) is 5.92 Å². The van der Waals surface area contributed by atoms with E-state index in [2.05, 4.69) is 0 Å². The first-order valence-corrected chi connectivity index (χ1v) is 6.47. The fourth-order valence-electron chi connectivity index (χ4n) is 2.20. The number of carbonyl (C=O) groups is 2. The number of aliphatic hydroxyl groups is 1. The van der Waals surface area contributed by atoms with Crippen molar-refractivity contribution in [2.45, 2.75) is 6.42 Å². The lowest BCUT2D eigenvalue weighted by Gasteiger charge is -2.24. The molecule has 0 aliphatic carbocycles. The van der Waals surface area contributed by atoms with E-state index in [1.54, 1.807) is 12.1 Å². The highest BCUT2D eigenvalue weighted by Crippen LogP contribution is 2.21. The van der Waals surface area contributed by atoms with E-state index in [1.807, 2.05) is 0 Å². The Hall–Kier alpha value is -1.92. The highest BCUT2D eigenvalue weighted by Gasteiger charge is 2.28. The smallest absolute Gasteiger partial charge is 0.335 e. The molecule has 0 aromatic heterocycles. The van der Waals surface area contributed by atoms with Crippen molar-refractivity contribution < 1.29 is 24.5 Å². The summed E-state index contributed by atoms with van der Waals surface area (Å²) < 4.78 is 5.21. The van der Waals surface area contributed by atoms with Gasteiger partial charge >= 0.3 is 5.97 Å². The summed E-state index contributed by atoms with van der Waals surface area (Å²) in [6.45, 7) is 0.997. The van der Waals surface area contributed by atoms with Crippen LogP contribution in [0.25, 0.3) is 0 Å². The zero-order chi connectivity index (χ0) is 14.5. The minimum Gasteiger partial charge on any atom is -0.478 e. The number of benzene rings is 1. The molecule has 1 saturated heterocycles. The van der Waals surface area contributed by atoms with Crippen LogP contribution in [0.5, 0.6) is 0 Å². The van der Waals surface area contributed by atoms with E-state index < -0.39 is 5.97 Å². The lowest BCUT2D eigenvalue weighted by atomic mass is 10.1. The van der Waals surface area contributed by atoms with E-state index in [0.29, 0.717) is 25.3 Å². The molecule has 1 atom stereocenters. The summed E-state index contributed by atoms with van der Waals surface area (Å²) in [6, 6.07) is 6.04. The van der Waals surface area contributed by atoms with E-state index in [0.717, 1.165) is 0 Å². The quantitative estimate of drug-likeness (QED) is 0.830. The predicted octanol–water partition coefficient (Wildman–Crippen LogP) is 0.747. The lowest BCUT2D eigenvalue weighted by molar-refractivity contribution is -0.122. The third kappa shape index (κ3) is 3.15. The van der Waals surface area contributed by atoms with E-state index in [9.17, 15) is 9.59 Å². The molecule has 2 rings (SSSR count). The first kappa shape index (κ1) is 14.5. The molecule has 6 heteroatoms. The third-order valence-corrected chi connectivity index (χ3v) is 3.29. The van der Waals surface area contributed by atoms with Gasteiger partial charge in [-0.05, 0) is 30.7 Å². The van der Waals surface area contributed by atoms with Crippen molar-refractivity contribution in [1.82, 2.24) is 0 Å². The van der Waals surface area contributed by atoms with E-state index in [1.165, 1.54) is 17.0 Å². The van der Waals surface area contributed by atoms with Gasteiger partial charge in [-0.2, -0.15) is 0 Å². The standard InChI is InChI=1S/C14H17NO5/c16-7-6-15(13(17)11-5-8-20-9-11)12-3-1-10(2-4-12)14(18)19/h1-4,11,16H,5-9H2,(H,18,19). The molecular formula is C14H17NO5. The molecule has 1 fully saturated rings. The number of carbonyl (C=O) groups excluding carboxylic acids is 1. The Morgan fingerprint density at radius 1 is 1.30 bits per heavy atom. The highest BCUT2D eigenvalue weighted by atomic mass is 16.5. The number of aliphatic hydroxyl groups excluding tert-OH is 1. The summed E-state index contributed by atoms with van der Waals surface area (Å²) in [7, 11) is 0. The van der Waals surface area contributed by atoms with Crippen molar-refractivity contribution in [1.29, 1.82) is 0 Å². The van der Waals surface area contributed by atoms with Gasteiger partial charge in [0.15, 0.2) is 0 Å². The topological polar surface area (TPSA) is 87.1 Å². The van der Waals surface area contributed by atoms with Crippen molar-refractivity contribution in [2.75, 3.05) is 31.3 Å². The predicted molar refractivity (Wildman–Crippen MR) is 71.8 cm³/mol. The number of aromatic carboxylic acids is 1. The zero-order valence-electron chi connectivity index (χ0n) is 11.0. The normalized spacial score (nSPS) is 17.9. The average Bonchev–Trinajstić information content (AvgIpc) is 2.98. The molecule has 1 aromatic carbocycles. The van der Waals surface area contributed by atoms with E-state index in [4.69, 9.17) is 14.9 Å². The second-order valence-electron chi connectivity index (χ2n) is 4.63. The van der Waals surface area contributed by atoms with Crippen LogP contribution in [0.4, 0.5) is 5.69 Å². The Morgan fingerprint density at radius 3 is 2.50 bits per heavy atom. The Kier molecular flexibility index (Phi) is 4.70. The van der Waals surface area contributed by atoms with Gasteiger partial charge in [0.1, 0.15) is 0 Å². The number of nitrogens with zero attached hydrogens (tertiary/aromatic N) is 1. The van der Waals surface area contributed by atoms with E-state index >= 15 is 0 Å². The molecule has 1 unspecified atom stereocenters. The number of hydrogen-bond acceptors (Lipinski definition) is 4. The van der Waals surface area contributed by atoms with Gasteiger partial charge in [0.05, 0.1) is 24.7 Å². The van der Waals surface area contributed by atoms with Crippen molar-refractivity contribution in [3.05, 3.63) is 29.8 Å². The van der Waals surface area contributed by atoms with Gasteiger partial charge in [0.2, 0.25) is 5.91 Å². The van der Waals surface area contributed by atoms with Crippen LogP contribution in [-0.4, -0.2) is 48.5 Å². The molecule has 1 aromatic rings. The number of rotatable bonds is 5. The number of carboxylic acid groups (broad SMARTS) is 1. The summed E-state index contributed by atoms with van der Waals surface area (Å²) >= 11 is 0. The number of anilines is 1. The minimum absolute atomic E-state index is 0.0976. The summed E-state index contributed by atoms with van der Waals surface area (Å²) in [5, 5.41) is 18.0. The molecule has 6 nitrogen and oxygen atoms in total. The summed E-state index contributed by atoms with van der Waals surface area (Å²) in [6.07, 6.45) is 0.675. The van der Waals surface area contributed by atoms with Crippen LogP contribution in [0.1, 0.15) is 16.8 Å². The molecule has 0 bridgehead atoms. The third-order valence-electron chi connectivity index (χ3n) is 3.29. The molecular weight excluding hydrogens is 262 g/mol. The Labute approximate surface area is 116 Å². The second kappa shape index (κ2) is 6.49. The van der Waals surface area contributed by atoms with Gasteiger partial charge < -0.3 is 19.8 Å². The fraction of sp³-hybridized carbons (Fsp3) is 0.429. The van der Waals surface area contributed by atoms with Crippen LogP contribution >= 0.6 is 0 Å². The van der Waals surface area contributed by atoms with Crippen molar-refractivity contribution in [3.63, 3.8) is 0 Å². The maximum atomic E-state index is 12.4. The highest BCUT2D eigenvalue weighted by molar-refractivity contribution is 5.96. The van der Waals surface area contributed by atoms with Crippen LogP contribution < -0.4 is 4.90 Å². The number of amides is 1. The summed E-state index contributed by atoms with van der Waals surface area (Å²) in [4.78, 5) is 24.7. The monoisotopic (exact) mass is 279 g/mol. The molecule has 0 saturated carbocycles. The SMILES string of the molecule is O=C(O)c1ccc(N(CCO)C(=O)C2CCOC2)cc1. The van der Waals surface area contributed by atoms with Crippen molar-refractivity contribution >= 4 is 17.6 Å². The van der Waals surface area contributed by atoms with Gasteiger partial charge in [0.25, 0.3) is 0 Å². The van der Waals surface area contributed by atoms with Crippen molar-refractivity contribution in [3.8, 4) is 0 Å². The molecule has 0 radical (unpaired) electrons. The van der Waals surface area contributed by atoms with Gasteiger partial charge in [-0.1, -0.05) is 0 Å². The fourth-order valence-corrected chi connectivity index (χ4v) is 2.20. The first-order chi connectivity index (χ1) is 9.63. The van der Waals surface area contributed by atoms with Crippen LogP contribution in [0.3, 0.4) is 0 Å². The Morgan fingerprint density at radius 2 is 2.00 bits per heavy atom. The molecule has 1 amide bonds. The lowest BCUT2D eigenvalue weighted by Crippen LogP contribution is -2.38. The minimum atomic E-state index is -1.01. The van der Waals surface area contributed by atoms with Crippen LogP contribution in [0.15, 0.2) is 24.3 Å². The summed E-state index contributed by atoms with van der Waals surface area (Å²) in [5.41, 5.74) is 0.746. The van der Waals surface area contributed by atoms with Crippen LogP contribution in [0.2, 0.25) is 0 Å². The van der Waals surface area contributed by atoms with Gasteiger partial charge in [-0.25, -0.2) is 4.79 Å². The largest absolute Gasteiger partial charge is 0.478 e.